The number of nitrogen functional groups attached to an aromatic ring is 1. The molecule has 37 heavy (non-hydrogen) atoms. The number of rotatable bonds is 7. The van der Waals surface area contributed by atoms with Crippen molar-refractivity contribution in [3.63, 3.8) is 0 Å². The fourth-order valence-corrected chi connectivity index (χ4v) is 3.41. The van der Waals surface area contributed by atoms with Crippen LogP contribution >= 0.6 is 0 Å². The molecule has 14 heteroatoms. The molecule has 0 aliphatic carbocycles. The second-order valence-electron chi connectivity index (χ2n) is 8.01. The standard InChI is InChI=1S/C23H20F4N8O2/c1-34(2)12-15-17(7-9-29-21(15)28)37-18-6-5-13(10-16(18)24)32-22(36)14-11-31-35(20(14)23(25,26)27)19-4-3-8-30-33-19/h3-11H,12H2,1-2H3,(H2,28,29)(H,32,36). The number of anilines is 2. The molecule has 3 N–H and O–H groups in total. The molecule has 4 aromatic rings. The summed E-state index contributed by atoms with van der Waals surface area (Å²) < 4.78 is 62.4. The van der Waals surface area contributed by atoms with Gasteiger partial charge in [0.25, 0.3) is 5.91 Å². The highest BCUT2D eigenvalue weighted by Crippen LogP contribution is 2.34. The molecule has 0 aliphatic heterocycles. The molecule has 0 saturated carbocycles. The third kappa shape index (κ3) is 5.64. The molecular formula is C23H20F4N8O2. The highest BCUT2D eigenvalue weighted by Gasteiger charge is 2.41. The Hall–Kier alpha value is -4.59. The Morgan fingerprint density at radius 3 is 2.59 bits per heavy atom. The minimum atomic E-state index is -4.94. The van der Waals surface area contributed by atoms with Crippen molar-refractivity contribution in [2.24, 2.45) is 0 Å². The number of carbonyl (C=O) groups excluding carboxylic acids is 1. The first-order valence-corrected chi connectivity index (χ1v) is 10.6. The van der Waals surface area contributed by atoms with E-state index in [1.807, 2.05) is 19.0 Å². The molecule has 0 atom stereocenters. The van der Waals surface area contributed by atoms with Gasteiger partial charge in [-0.15, -0.1) is 5.10 Å². The maximum Gasteiger partial charge on any atom is 0.434 e. The number of hydrogen-bond acceptors (Lipinski definition) is 8. The van der Waals surface area contributed by atoms with Crippen molar-refractivity contribution in [1.29, 1.82) is 0 Å². The van der Waals surface area contributed by atoms with Crippen molar-refractivity contribution in [1.82, 2.24) is 29.9 Å². The van der Waals surface area contributed by atoms with Gasteiger partial charge >= 0.3 is 6.18 Å². The second-order valence-corrected chi connectivity index (χ2v) is 8.01. The minimum absolute atomic E-state index is 0.0991. The van der Waals surface area contributed by atoms with Crippen LogP contribution in [0.4, 0.5) is 29.1 Å². The number of pyridine rings is 1. The molecule has 0 radical (unpaired) electrons. The van der Waals surface area contributed by atoms with Crippen molar-refractivity contribution in [3.8, 4) is 17.3 Å². The minimum Gasteiger partial charge on any atom is -0.454 e. The van der Waals surface area contributed by atoms with Crippen LogP contribution in [0, 0.1) is 5.82 Å². The van der Waals surface area contributed by atoms with E-state index >= 15 is 0 Å². The lowest BCUT2D eigenvalue weighted by atomic mass is 10.2. The number of carbonyl (C=O) groups is 1. The van der Waals surface area contributed by atoms with Gasteiger partial charge in [0.2, 0.25) is 0 Å². The van der Waals surface area contributed by atoms with Crippen LogP contribution in [-0.4, -0.2) is 49.9 Å². The summed E-state index contributed by atoms with van der Waals surface area (Å²) in [6.07, 6.45) is -1.50. The Balaban J connectivity index is 1.58. The van der Waals surface area contributed by atoms with Gasteiger partial charge in [-0.1, -0.05) is 0 Å². The summed E-state index contributed by atoms with van der Waals surface area (Å²) in [5.74, 6) is -1.93. The van der Waals surface area contributed by atoms with Crippen LogP contribution in [-0.2, 0) is 12.7 Å². The number of alkyl halides is 3. The van der Waals surface area contributed by atoms with Crippen molar-refractivity contribution >= 4 is 17.4 Å². The molecule has 0 unspecified atom stereocenters. The quantitative estimate of drug-likeness (QED) is 0.355. The van der Waals surface area contributed by atoms with Gasteiger partial charge in [-0.3, -0.25) is 4.79 Å². The van der Waals surface area contributed by atoms with E-state index in [0.717, 1.165) is 12.3 Å². The number of amides is 1. The summed E-state index contributed by atoms with van der Waals surface area (Å²) in [4.78, 5) is 18.6. The van der Waals surface area contributed by atoms with E-state index in [1.54, 1.807) is 0 Å². The highest BCUT2D eigenvalue weighted by atomic mass is 19.4. The number of hydrogen-bond donors (Lipinski definition) is 2. The van der Waals surface area contributed by atoms with Gasteiger partial charge < -0.3 is 20.7 Å². The molecule has 0 spiro atoms. The summed E-state index contributed by atoms with van der Waals surface area (Å²) in [6, 6.07) is 7.59. The highest BCUT2D eigenvalue weighted by molar-refractivity contribution is 6.05. The summed E-state index contributed by atoms with van der Waals surface area (Å²) in [6.45, 7) is 0.383. The monoisotopic (exact) mass is 516 g/mol. The maximum absolute atomic E-state index is 14.8. The van der Waals surface area contributed by atoms with Crippen LogP contribution in [0.3, 0.4) is 0 Å². The third-order valence-electron chi connectivity index (χ3n) is 4.99. The van der Waals surface area contributed by atoms with Crippen LogP contribution < -0.4 is 15.8 Å². The Kier molecular flexibility index (Phi) is 7.02. The van der Waals surface area contributed by atoms with Gasteiger partial charge in [0.05, 0.1) is 17.3 Å². The smallest absolute Gasteiger partial charge is 0.434 e. The van der Waals surface area contributed by atoms with E-state index in [0.29, 0.717) is 16.8 Å². The van der Waals surface area contributed by atoms with E-state index in [4.69, 9.17) is 10.5 Å². The molecule has 3 heterocycles. The van der Waals surface area contributed by atoms with Gasteiger partial charge in [0.15, 0.2) is 23.1 Å². The topological polar surface area (TPSA) is 124 Å². The van der Waals surface area contributed by atoms with E-state index < -0.39 is 29.2 Å². The number of nitrogens with one attached hydrogen (secondary N) is 1. The molecule has 4 rings (SSSR count). The number of aromatic nitrogens is 5. The molecule has 0 saturated heterocycles. The molecule has 1 aromatic carbocycles. The van der Waals surface area contributed by atoms with Crippen LogP contribution in [0.15, 0.2) is 55.0 Å². The van der Waals surface area contributed by atoms with Crippen molar-refractivity contribution in [2.45, 2.75) is 12.7 Å². The number of ether oxygens (including phenoxy) is 1. The van der Waals surface area contributed by atoms with Crippen LogP contribution in [0.1, 0.15) is 21.6 Å². The Morgan fingerprint density at radius 1 is 1.16 bits per heavy atom. The maximum atomic E-state index is 14.8. The Labute approximate surface area is 207 Å². The van der Waals surface area contributed by atoms with Crippen molar-refractivity contribution in [3.05, 3.63) is 77.6 Å². The number of halogens is 4. The molecule has 1 amide bonds. The first-order valence-electron chi connectivity index (χ1n) is 10.6. The molecule has 192 valence electrons. The summed E-state index contributed by atoms with van der Waals surface area (Å²) in [5, 5.41) is 13.0. The van der Waals surface area contributed by atoms with Gasteiger partial charge in [-0.2, -0.15) is 23.4 Å². The van der Waals surface area contributed by atoms with Crippen molar-refractivity contribution in [2.75, 3.05) is 25.1 Å². The van der Waals surface area contributed by atoms with E-state index in [1.165, 1.54) is 42.7 Å². The largest absolute Gasteiger partial charge is 0.454 e. The predicted octanol–water partition coefficient (Wildman–Crippen LogP) is 3.90. The zero-order valence-electron chi connectivity index (χ0n) is 19.5. The fourth-order valence-electron chi connectivity index (χ4n) is 3.41. The van der Waals surface area contributed by atoms with Crippen LogP contribution in [0.5, 0.6) is 11.5 Å². The summed E-state index contributed by atoms with van der Waals surface area (Å²) >= 11 is 0. The van der Waals surface area contributed by atoms with Gasteiger partial charge in [0, 0.05) is 30.7 Å². The number of nitrogens with two attached hydrogens (primary N) is 1. The molecule has 0 aliphatic rings. The third-order valence-corrected chi connectivity index (χ3v) is 4.99. The SMILES string of the molecule is CN(C)Cc1c(Oc2ccc(NC(=O)c3cnn(-c4cccnn4)c3C(F)(F)F)cc2F)ccnc1N. The van der Waals surface area contributed by atoms with Crippen LogP contribution in [0.25, 0.3) is 5.82 Å². The first-order chi connectivity index (χ1) is 17.5. The molecule has 3 aromatic heterocycles. The lowest BCUT2D eigenvalue weighted by molar-refractivity contribution is -0.143. The van der Waals surface area contributed by atoms with E-state index in [-0.39, 0.29) is 28.8 Å². The zero-order valence-corrected chi connectivity index (χ0v) is 19.5. The van der Waals surface area contributed by atoms with E-state index in [9.17, 15) is 22.4 Å². The fraction of sp³-hybridized carbons (Fsp3) is 0.174. The molecule has 0 bridgehead atoms. The van der Waals surface area contributed by atoms with E-state index in [2.05, 4.69) is 25.6 Å². The molecule has 10 nitrogen and oxygen atoms in total. The summed E-state index contributed by atoms with van der Waals surface area (Å²) in [5.41, 5.74) is 4.24. The first kappa shape index (κ1) is 25.5. The lowest BCUT2D eigenvalue weighted by Crippen LogP contribution is -2.21. The van der Waals surface area contributed by atoms with Crippen molar-refractivity contribution < 1.29 is 27.1 Å². The lowest BCUT2D eigenvalue weighted by Gasteiger charge is -2.16. The average Bonchev–Trinajstić information content (AvgIpc) is 3.30. The molecular weight excluding hydrogens is 496 g/mol. The summed E-state index contributed by atoms with van der Waals surface area (Å²) in [7, 11) is 3.63. The normalized spacial score (nSPS) is 11.5. The zero-order chi connectivity index (χ0) is 26.7. The predicted molar refractivity (Wildman–Crippen MR) is 125 cm³/mol. The Bertz CT molecular complexity index is 1420. The number of benzene rings is 1. The Morgan fingerprint density at radius 2 is 1.95 bits per heavy atom. The molecule has 0 fully saturated rings. The van der Waals surface area contributed by atoms with Crippen LogP contribution in [0.2, 0.25) is 0 Å². The second kappa shape index (κ2) is 10.2. The number of nitrogens with zero attached hydrogens (tertiary/aromatic N) is 6. The van der Waals surface area contributed by atoms with Gasteiger partial charge in [0.1, 0.15) is 11.6 Å². The van der Waals surface area contributed by atoms with Gasteiger partial charge in [-0.25, -0.2) is 14.1 Å². The average molecular weight is 516 g/mol. The van der Waals surface area contributed by atoms with Gasteiger partial charge in [-0.05, 0) is 44.4 Å².